The molecule has 0 unspecified atom stereocenters. The van der Waals surface area contributed by atoms with Gasteiger partial charge in [0.25, 0.3) is 0 Å². The van der Waals surface area contributed by atoms with Crippen molar-refractivity contribution < 1.29 is 8.78 Å². The Morgan fingerprint density at radius 3 is 2.53 bits per heavy atom. The van der Waals surface area contributed by atoms with Gasteiger partial charge in [-0.1, -0.05) is 18.2 Å². The first-order valence-electron chi connectivity index (χ1n) is 4.24. The number of hydrogen-bond donors (Lipinski definition) is 0. The van der Waals surface area contributed by atoms with Crippen LogP contribution in [0.1, 0.15) is 0 Å². The van der Waals surface area contributed by atoms with E-state index in [1.807, 2.05) is 22.6 Å². The van der Waals surface area contributed by atoms with Gasteiger partial charge in [0.15, 0.2) is 0 Å². The van der Waals surface area contributed by atoms with Crippen molar-refractivity contribution in [3.05, 3.63) is 51.9 Å². The maximum Gasteiger partial charge on any atom is 0.226 e. The molecule has 0 aliphatic carbocycles. The minimum Gasteiger partial charge on any atom is -0.227 e. The van der Waals surface area contributed by atoms with Crippen LogP contribution in [0.4, 0.5) is 8.78 Å². The fourth-order valence-corrected chi connectivity index (χ4v) is 1.74. The summed E-state index contributed by atoms with van der Waals surface area (Å²) < 4.78 is 26.7. The Morgan fingerprint density at radius 2 is 1.87 bits per heavy atom. The van der Waals surface area contributed by atoms with Crippen molar-refractivity contribution in [2.45, 2.75) is 0 Å². The van der Waals surface area contributed by atoms with E-state index in [2.05, 4.69) is 4.98 Å². The molecule has 0 bridgehead atoms. The van der Waals surface area contributed by atoms with Gasteiger partial charge in [0.1, 0.15) is 5.82 Å². The van der Waals surface area contributed by atoms with Gasteiger partial charge in [0.05, 0.1) is 3.57 Å². The summed E-state index contributed by atoms with van der Waals surface area (Å²) in [5.74, 6) is -0.864. The molecule has 15 heavy (non-hydrogen) atoms. The van der Waals surface area contributed by atoms with Gasteiger partial charge in [-0.15, -0.1) is 0 Å². The molecule has 1 heterocycles. The molecule has 1 aromatic carbocycles. The molecule has 76 valence electrons. The Bertz CT molecular complexity index is 500. The lowest BCUT2D eigenvalue weighted by atomic mass is 10.1. The highest BCUT2D eigenvalue weighted by atomic mass is 127. The van der Waals surface area contributed by atoms with E-state index in [-0.39, 0.29) is 5.82 Å². The third-order valence-electron chi connectivity index (χ3n) is 1.98. The van der Waals surface area contributed by atoms with Crippen LogP contribution in [0.2, 0.25) is 0 Å². The highest BCUT2D eigenvalue weighted by molar-refractivity contribution is 14.1. The normalized spacial score (nSPS) is 10.3. The van der Waals surface area contributed by atoms with Crippen molar-refractivity contribution in [2.75, 3.05) is 0 Å². The number of rotatable bonds is 1. The Hall–Kier alpha value is -1.04. The van der Waals surface area contributed by atoms with Crippen molar-refractivity contribution in [2.24, 2.45) is 0 Å². The van der Waals surface area contributed by atoms with E-state index in [9.17, 15) is 8.78 Å². The van der Waals surface area contributed by atoms with E-state index >= 15 is 0 Å². The largest absolute Gasteiger partial charge is 0.227 e. The highest BCUT2D eigenvalue weighted by Gasteiger charge is 2.07. The summed E-state index contributed by atoms with van der Waals surface area (Å²) in [5.41, 5.74) is 1.02. The predicted molar refractivity (Wildman–Crippen MR) is 62.3 cm³/mol. The Morgan fingerprint density at radius 1 is 1.13 bits per heavy atom. The highest BCUT2D eigenvalue weighted by Crippen LogP contribution is 2.23. The number of hydrogen-bond acceptors (Lipinski definition) is 1. The first-order valence-corrected chi connectivity index (χ1v) is 5.32. The van der Waals surface area contributed by atoms with Crippen LogP contribution in [-0.2, 0) is 0 Å². The Labute approximate surface area is 99.3 Å². The lowest BCUT2D eigenvalue weighted by Crippen LogP contribution is -1.90. The first-order chi connectivity index (χ1) is 7.18. The SMILES string of the molecule is Fc1ccccc1-c1cnc(F)c(I)c1. The molecule has 0 saturated heterocycles. The quantitative estimate of drug-likeness (QED) is 0.578. The fraction of sp³-hybridized carbons (Fsp3) is 0. The van der Waals surface area contributed by atoms with Gasteiger partial charge in [-0.05, 0) is 34.7 Å². The van der Waals surface area contributed by atoms with E-state index in [0.29, 0.717) is 14.7 Å². The summed E-state index contributed by atoms with van der Waals surface area (Å²) >= 11 is 1.83. The van der Waals surface area contributed by atoms with Gasteiger partial charge in [0, 0.05) is 17.3 Å². The Kier molecular flexibility index (Phi) is 2.95. The smallest absolute Gasteiger partial charge is 0.226 e. The van der Waals surface area contributed by atoms with Gasteiger partial charge in [-0.3, -0.25) is 0 Å². The summed E-state index contributed by atoms with van der Waals surface area (Å²) in [6.45, 7) is 0. The fourth-order valence-electron chi connectivity index (χ4n) is 1.26. The summed E-state index contributed by atoms with van der Waals surface area (Å²) in [7, 11) is 0. The number of pyridine rings is 1. The molecule has 0 spiro atoms. The average Bonchev–Trinajstić information content (AvgIpc) is 2.23. The molecule has 4 heteroatoms. The zero-order chi connectivity index (χ0) is 10.8. The molecule has 0 saturated carbocycles. The summed E-state index contributed by atoms with van der Waals surface area (Å²) in [6, 6.07) is 7.92. The van der Waals surface area contributed by atoms with Crippen molar-refractivity contribution in [1.29, 1.82) is 0 Å². The molecular weight excluding hydrogens is 311 g/mol. The van der Waals surface area contributed by atoms with Gasteiger partial charge in [-0.25, -0.2) is 9.37 Å². The lowest BCUT2D eigenvalue weighted by Gasteiger charge is -2.03. The summed E-state index contributed by atoms with van der Waals surface area (Å²) in [6.07, 6.45) is 1.33. The van der Waals surface area contributed by atoms with Crippen LogP contribution in [0.5, 0.6) is 0 Å². The zero-order valence-electron chi connectivity index (χ0n) is 7.55. The Balaban J connectivity index is 2.55. The molecule has 0 amide bonds. The van der Waals surface area contributed by atoms with Crippen molar-refractivity contribution in [1.82, 2.24) is 4.98 Å². The van der Waals surface area contributed by atoms with Crippen molar-refractivity contribution >= 4 is 22.6 Å². The second-order valence-corrected chi connectivity index (χ2v) is 4.14. The molecule has 0 N–H and O–H groups in total. The minimum absolute atomic E-state index is 0.332. The molecule has 0 atom stereocenters. The molecule has 2 rings (SSSR count). The molecular formula is C11H6F2IN. The maximum atomic E-state index is 13.4. The maximum absolute atomic E-state index is 13.4. The van der Waals surface area contributed by atoms with Crippen LogP contribution in [0.3, 0.4) is 0 Å². The van der Waals surface area contributed by atoms with E-state index < -0.39 is 5.95 Å². The van der Waals surface area contributed by atoms with Crippen molar-refractivity contribution in [3.63, 3.8) is 0 Å². The van der Waals surface area contributed by atoms with E-state index in [1.54, 1.807) is 24.3 Å². The van der Waals surface area contributed by atoms with Crippen LogP contribution >= 0.6 is 22.6 Å². The van der Waals surface area contributed by atoms with Crippen molar-refractivity contribution in [3.8, 4) is 11.1 Å². The van der Waals surface area contributed by atoms with Gasteiger partial charge in [-0.2, -0.15) is 4.39 Å². The molecule has 0 aliphatic heterocycles. The first kappa shape index (κ1) is 10.5. The second kappa shape index (κ2) is 4.22. The van der Waals surface area contributed by atoms with Crippen LogP contribution in [-0.4, -0.2) is 4.98 Å². The minimum atomic E-state index is -0.532. The number of halogens is 3. The third kappa shape index (κ3) is 2.14. The van der Waals surface area contributed by atoms with Gasteiger partial charge < -0.3 is 0 Å². The lowest BCUT2D eigenvalue weighted by molar-refractivity contribution is 0.576. The third-order valence-corrected chi connectivity index (χ3v) is 2.74. The van der Waals surface area contributed by atoms with E-state index in [4.69, 9.17) is 0 Å². The molecule has 2 aromatic rings. The summed E-state index contributed by atoms with van der Waals surface area (Å²) in [4.78, 5) is 3.56. The van der Waals surface area contributed by atoms with Crippen LogP contribution in [0.25, 0.3) is 11.1 Å². The molecule has 0 radical (unpaired) electrons. The van der Waals surface area contributed by atoms with Crippen LogP contribution in [0.15, 0.2) is 36.5 Å². The van der Waals surface area contributed by atoms with E-state index in [1.165, 1.54) is 12.3 Å². The number of benzene rings is 1. The van der Waals surface area contributed by atoms with Crippen LogP contribution < -0.4 is 0 Å². The number of nitrogens with zero attached hydrogens (tertiary/aromatic N) is 1. The second-order valence-electron chi connectivity index (χ2n) is 2.98. The standard InChI is InChI=1S/C11H6F2IN/c12-9-4-2-1-3-8(9)7-5-10(14)11(13)15-6-7/h1-6H. The van der Waals surface area contributed by atoms with Crippen LogP contribution in [0, 0.1) is 15.3 Å². The molecule has 0 aliphatic rings. The molecule has 0 fully saturated rings. The summed E-state index contributed by atoms with van der Waals surface area (Å²) in [5, 5.41) is 0. The zero-order valence-corrected chi connectivity index (χ0v) is 9.70. The topological polar surface area (TPSA) is 12.9 Å². The van der Waals surface area contributed by atoms with Gasteiger partial charge in [0.2, 0.25) is 5.95 Å². The predicted octanol–water partition coefficient (Wildman–Crippen LogP) is 3.63. The molecule has 1 aromatic heterocycles. The van der Waals surface area contributed by atoms with Gasteiger partial charge >= 0.3 is 0 Å². The van der Waals surface area contributed by atoms with E-state index in [0.717, 1.165) is 0 Å². The molecule has 1 nitrogen and oxygen atoms in total. The monoisotopic (exact) mass is 317 g/mol. The average molecular weight is 317 g/mol. The number of aromatic nitrogens is 1.